The summed E-state index contributed by atoms with van der Waals surface area (Å²) in [4.78, 5) is 27.4. The molecule has 1 aromatic rings. The summed E-state index contributed by atoms with van der Waals surface area (Å²) >= 11 is 0. The van der Waals surface area contributed by atoms with Gasteiger partial charge in [-0.2, -0.15) is 0 Å². The van der Waals surface area contributed by atoms with Crippen LogP contribution in [0.5, 0.6) is 5.88 Å². The molecule has 1 aromatic heterocycles. The summed E-state index contributed by atoms with van der Waals surface area (Å²) in [6.07, 6.45) is 1.82. The van der Waals surface area contributed by atoms with Crippen molar-refractivity contribution in [2.24, 2.45) is 0 Å². The van der Waals surface area contributed by atoms with Crippen molar-refractivity contribution in [3.05, 3.63) is 23.9 Å². The summed E-state index contributed by atoms with van der Waals surface area (Å²) in [5.74, 6) is 0.0653. The van der Waals surface area contributed by atoms with E-state index in [1.165, 1.54) is 0 Å². The van der Waals surface area contributed by atoms with Gasteiger partial charge in [-0.25, -0.2) is 9.78 Å². The van der Waals surface area contributed by atoms with Gasteiger partial charge in [0.15, 0.2) is 5.54 Å². The Kier molecular flexibility index (Phi) is 1.89. The number of ether oxygens (including phenoxy) is 1. The number of hydrogen-bond acceptors (Lipinski definition) is 4. The lowest BCUT2D eigenvalue weighted by atomic mass is 9.83. The summed E-state index contributed by atoms with van der Waals surface area (Å²) in [7, 11) is 0. The summed E-state index contributed by atoms with van der Waals surface area (Å²) in [6, 6.07) is 3.00. The van der Waals surface area contributed by atoms with Crippen LogP contribution in [0.25, 0.3) is 0 Å². The van der Waals surface area contributed by atoms with E-state index < -0.39 is 11.6 Å². The number of nitrogens with one attached hydrogen (secondary N) is 2. The van der Waals surface area contributed by atoms with Crippen molar-refractivity contribution >= 4 is 11.9 Å². The maximum Gasteiger partial charge on any atom is 0.322 e. The second kappa shape index (κ2) is 3.19. The topological polar surface area (TPSA) is 80.3 Å². The highest BCUT2D eigenvalue weighted by Crippen LogP contribution is 2.39. The molecule has 2 N–H and O–H groups in total. The largest absolute Gasteiger partial charge is 0.474 e. The van der Waals surface area contributed by atoms with E-state index in [4.69, 9.17) is 4.74 Å². The van der Waals surface area contributed by atoms with Gasteiger partial charge in [-0.15, -0.1) is 0 Å². The number of carbonyl (C=O) groups excluding carboxylic acids is 2. The number of pyridine rings is 1. The minimum Gasteiger partial charge on any atom is -0.474 e. The van der Waals surface area contributed by atoms with E-state index in [1.54, 1.807) is 18.3 Å². The van der Waals surface area contributed by atoms with Gasteiger partial charge in [-0.05, 0) is 19.1 Å². The standard InChI is InChI=1S/C11H11N3O3/c1-6-5-11(9(15)13-10(16)14-11)7-3-2-4-12-8(7)17-6/h2-4,6H,5H2,1H3,(H2,13,14,15,16)/t6-,11+/m1/s1. The van der Waals surface area contributed by atoms with E-state index in [0.717, 1.165) is 0 Å². The van der Waals surface area contributed by atoms with Crippen molar-refractivity contribution in [3.8, 4) is 5.88 Å². The normalized spacial score (nSPS) is 30.5. The Balaban J connectivity index is 2.18. The zero-order valence-electron chi connectivity index (χ0n) is 9.19. The van der Waals surface area contributed by atoms with Gasteiger partial charge in [-0.3, -0.25) is 10.1 Å². The second-order valence-electron chi connectivity index (χ2n) is 4.30. The van der Waals surface area contributed by atoms with Crippen molar-refractivity contribution < 1.29 is 14.3 Å². The molecule has 0 bridgehead atoms. The number of carbonyl (C=O) groups is 2. The van der Waals surface area contributed by atoms with Crippen LogP contribution in [0.1, 0.15) is 18.9 Å². The van der Waals surface area contributed by atoms with Crippen LogP contribution in [0.4, 0.5) is 4.79 Å². The number of urea groups is 1. The molecule has 1 spiro atoms. The van der Waals surface area contributed by atoms with Crippen LogP contribution < -0.4 is 15.4 Å². The average molecular weight is 233 g/mol. The molecule has 0 saturated carbocycles. The maximum absolute atomic E-state index is 12.0. The van der Waals surface area contributed by atoms with Crippen LogP contribution in [0.3, 0.4) is 0 Å². The molecule has 3 amide bonds. The fourth-order valence-corrected chi connectivity index (χ4v) is 2.41. The Labute approximate surface area is 97.4 Å². The van der Waals surface area contributed by atoms with Crippen LogP contribution in [0, 0.1) is 0 Å². The maximum atomic E-state index is 12.0. The smallest absolute Gasteiger partial charge is 0.322 e. The predicted molar refractivity (Wildman–Crippen MR) is 57.3 cm³/mol. The van der Waals surface area contributed by atoms with E-state index in [0.29, 0.717) is 17.9 Å². The van der Waals surface area contributed by atoms with Gasteiger partial charge in [0.05, 0.1) is 0 Å². The molecule has 2 aliphatic heterocycles. The quantitative estimate of drug-likeness (QED) is 0.631. The molecule has 0 aromatic carbocycles. The number of rotatable bonds is 0. The SMILES string of the molecule is C[C@@H]1C[C@]2(NC(=O)NC2=O)c2cccnc2O1. The van der Waals surface area contributed by atoms with E-state index in [2.05, 4.69) is 15.6 Å². The lowest BCUT2D eigenvalue weighted by Gasteiger charge is -2.35. The monoisotopic (exact) mass is 233 g/mol. The van der Waals surface area contributed by atoms with E-state index in [1.807, 2.05) is 6.92 Å². The first-order valence-electron chi connectivity index (χ1n) is 5.37. The number of nitrogens with zero attached hydrogens (tertiary/aromatic N) is 1. The van der Waals surface area contributed by atoms with Crippen molar-refractivity contribution in [2.75, 3.05) is 0 Å². The third-order valence-electron chi connectivity index (χ3n) is 3.08. The molecule has 1 saturated heterocycles. The van der Waals surface area contributed by atoms with Gasteiger partial charge >= 0.3 is 6.03 Å². The van der Waals surface area contributed by atoms with Crippen LogP contribution in [0.15, 0.2) is 18.3 Å². The molecule has 17 heavy (non-hydrogen) atoms. The third kappa shape index (κ3) is 1.30. The number of aromatic nitrogens is 1. The van der Waals surface area contributed by atoms with Gasteiger partial charge in [0.25, 0.3) is 5.91 Å². The fourth-order valence-electron chi connectivity index (χ4n) is 2.41. The van der Waals surface area contributed by atoms with Crippen LogP contribution in [-0.2, 0) is 10.3 Å². The molecular formula is C11H11N3O3. The predicted octanol–water partition coefficient (Wildman–Crippen LogP) is 0.287. The van der Waals surface area contributed by atoms with Gasteiger partial charge in [-0.1, -0.05) is 0 Å². The Morgan fingerprint density at radius 1 is 1.53 bits per heavy atom. The lowest BCUT2D eigenvalue weighted by Crippen LogP contribution is -2.49. The molecule has 3 heterocycles. The van der Waals surface area contributed by atoms with E-state index in [9.17, 15) is 9.59 Å². The molecule has 2 atom stereocenters. The summed E-state index contributed by atoms with van der Waals surface area (Å²) in [5.41, 5.74) is -0.417. The molecule has 6 nitrogen and oxygen atoms in total. The second-order valence-corrected chi connectivity index (χ2v) is 4.30. The van der Waals surface area contributed by atoms with Crippen LogP contribution in [-0.4, -0.2) is 23.0 Å². The summed E-state index contributed by atoms with van der Waals surface area (Å²) in [6.45, 7) is 1.84. The van der Waals surface area contributed by atoms with Crippen molar-refractivity contribution in [3.63, 3.8) is 0 Å². The molecule has 6 heteroatoms. The van der Waals surface area contributed by atoms with Crippen LogP contribution >= 0.6 is 0 Å². The lowest BCUT2D eigenvalue weighted by molar-refractivity contribution is -0.126. The fraction of sp³-hybridized carbons (Fsp3) is 0.364. The van der Waals surface area contributed by atoms with Gasteiger partial charge in [0.1, 0.15) is 6.10 Å². The molecular weight excluding hydrogens is 222 g/mol. The molecule has 0 radical (unpaired) electrons. The van der Waals surface area contributed by atoms with Crippen molar-refractivity contribution in [2.45, 2.75) is 25.0 Å². The number of fused-ring (bicyclic) bond motifs is 2. The molecule has 88 valence electrons. The highest BCUT2D eigenvalue weighted by atomic mass is 16.5. The first kappa shape index (κ1) is 10.1. The van der Waals surface area contributed by atoms with Gasteiger partial charge in [0, 0.05) is 18.2 Å². The van der Waals surface area contributed by atoms with Crippen molar-refractivity contribution in [1.82, 2.24) is 15.6 Å². The zero-order valence-corrected chi connectivity index (χ0v) is 9.19. The minimum absolute atomic E-state index is 0.179. The Bertz CT molecular complexity index is 516. The Morgan fingerprint density at radius 2 is 2.35 bits per heavy atom. The highest BCUT2D eigenvalue weighted by Gasteiger charge is 2.52. The average Bonchev–Trinajstić information content (AvgIpc) is 2.54. The first-order valence-corrected chi connectivity index (χ1v) is 5.37. The summed E-state index contributed by atoms with van der Waals surface area (Å²) < 4.78 is 5.56. The Morgan fingerprint density at radius 3 is 3.06 bits per heavy atom. The Hall–Kier alpha value is -2.11. The molecule has 2 aliphatic rings. The van der Waals surface area contributed by atoms with Gasteiger partial charge < -0.3 is 10.1 Å². The minimum atomic E-state index is -1.03. The highest BCUT2D eigenvalue weighted by molar-refractivity contribution is 6.07. The van der Waals surface area contributed by atoms with Crippen molar-refractivity contribution in [1.29, 1.82) is 0 Å². The number of amides is 3. The summed E-state index contributed by atoms with van der Waals surface area (Å²) in [5, 5.41) is 4.95. The molecule has 0 aliphatic carbocycles. The van der Waals surface area contributed by atoms with Gasteiger partial charge in [0.2, 0.25) is 5.88 Å². The van der Waals surface area contributed by atoms with E-state index >= 15 is 0 Å². The number of hydrogen-bond donors (Lipinski definition) is 2. The van der Waals surface area contributed by atoms with Crippen LogP contribution in [0.2, 0.25) is 0 Å². The van der Waals surface area contributed by atoms with E-state index in [-0.39, 0.29) is 12.0 Å². The molecule has 0 unspecified atom stereocenters. The number of imide groups is 1. The molecule has 3 rings (SSSR count). The zero-order chi connectivity index (χ0) is 12.0. The third-order valence-corrected chi connectivity index (χ3v) is 3.08. The molecule has 1 fully saturated rings. The first-order chi connectivity index (χ1) is 8.12.